The molecule has 1 aromatic carbocycles. The van der Waals surface area contributed by atoms with Gasteiger partial charge in [0.15, 0.2) is 0 Å². The summed E-state index contributed by atoms with van der Waals surface area (Å²) >= 11 is 5.82. The molecule has 2 rings (SSSR count). The zero-order valence-electron chi connectivity index (χ0n) is 10.1. The van der Waals surface area contributed by atoms with Crippen LogP contribution < -0.4 is 10.6 Å². The molecule has 0 saturated heterocycles. The molecule has 0 aromatic heterocycles. The van der Waals surface area contributed by atoms with Gasteiger partial charge in [0.05, 0.1) is 12.1 Å². The van der Waals surface area contributed by atoms with Crippen molar-refractivity contribution in [3.63, 3.8) is 0 Å². The zero-order valence-corrected chi connectivity index (χ0v) is 10.8. The first-order valence-electron chi connectivity index (χ1n) is 6.06. The summed E-state index contributed by atoms with van der Waals surface area (Å²) in [6.45, 7) is 0.658. The number of anilines is 1. The van der Waals surface area contributed by atoms with E-state index in [0.29, 0.717) is 17.3 Å². The Labute approximate surface area is 111 Å². The third-order valence-corrected chi connectivity index (χ3v) is 3.37. The van der Waals surface area contributed by atoms with Gasteiger partial charge in [0.2, 0.25) is 5.91 Å². The van der Waals surface area contributed by atoms with Crippen molar-refractivity contribution in [1.82, 2.24) is 5.32 Å². The number of amides is 1. The molecular formula is C13H17ClN2O2. The molecule has 0 atom stereocenters. The van der Waals surface area contributed by atoms with Gasteiger partial charge in [-0.25, -0.2) is 0 Å². The Morgan fingerprint density at radius 2 is 2.22 bits per heavy atom. The Balaban J connectivity index is 1.72. The highest BCUT2D eigenvalue weighted by Gasteiger charge is 2.33. The second kappa shape index (κ2) is 5.69. The van der Waals surface area contributed by atoms with Gasteiger partial charge in [0.25, 0.3) is 0 Å². The number of rotatable bonds is 5. The maximum Gasteiger partial charge on any atom is 0.238 e. The van der Waals surface area contributed by atoms with E-state index in [-0.39, 0.29) is 12.5 Å². The molecule has 0 unspecified atom stereocenters. The Kier molecular flexibility index (Phi) is 4.22. The highest BCUT2D eigenvalue weighted by atomic mass is 35.5. The highest BCUT2D eigenvalue weighted by Crippen LogP contribution is 2.30. The maximum absolute atomic E-state index is 11.6. The van der Waals surface area contributed by atoms with Gasteiger partial charge in [-0.05, 0) is 37.5 Å². The number of halogens is 1. The van der Waals surface area contributed by atoms with Crippen LogP contribution in [-0.4, -0.2) is 29.7 Å². The molecule has 0 heterocycles. The summed E-state index contributed by atoms with van der Waals surface area (Å²) in [4.78, 5) is 11.6. The molecule has 0 bridgehead atoms. The van der Waals surface area contributed by atoms with E-state index in [1.807, 2.05) is 0 Å². The molecule has 0 spiro atoms. The van der Waals surface area contributed by atoms with Gasteiger partial charge in [-0.1, -0.05) is 17.7 Å². The van der Waals surface area contributed by atoms with E-state index in [2.05, 4.69) is 10.6 Å². The van der Waals surface area contributed by atoms with Gasteiger partial charge < -0.3 is 15.7 Å². The average molecular weight is 269 g/mol. The summed E-state index contributed by atoms with van der Waals surface area (Å²) in [7, 11) is 0. The van der Waals surface area contributed by atoms with E-state index < -0.39 is 5.60 Å². The summed E-state index contributed by atoms with van der Waals surface area (Å²) < 4.78 is 0. The van der Waals surface area contributed by atoms with Crippen LogP contribution in [0.3, 0.4) is 0 Å². The zero-order chi connectivity index (χ0) is 13.0. The van der Waals surface area contributed by atoms with Crippen LogP contribution in [0, 0.1) is 0 Å². The molecule has 1 amide bonds. The third-order valence-electron chi connectivity index (χ3n) is 3.13. The largest absolute Gasteiger partial charge is 0.389 e. The molecular weight excluding hydrogens is 252 g/mol. The first-order chi connectivity index (χ1) is 8.57. The van der Waals surface area contributed by atoms with Crippen LogP contribution in [0.5, 0.6) is 0 Å². The minimum Gasteiger partial charge on any atom is -0.389 e. The lowest BCUT2D eigenvalue weighted by Gasteiger charge is -2.36. The predicted molar refractivity (Wildman–Crippen MR) is 71.8 cm³/mol. The number of carbonyl (C=O) groups excluding carboxylic acids is 1. The van der Waals surface area contributed by atoms with Crippen molar-refractivity contribution in [2.45, 2.75) is 24.9 Å². The normalized spacial score (nSPS) is 17.0. The van der Waals surface area contributed by atoms with Gasteiger partial charge in [0.1, 0.15) is 0 Å². The van der Waals surface area contributed by atoms with E-state index in [4.69, 9.17) is 11.6 Å². The Hall–Kier alpha value is -1.10. The number of carbonyl (C=O) groups is 1. The Bertz CT molecular complexity index is 433. The van der Waals surface area contributed by atoms with E-state index in [1.54, 1.807) is 24.3 Å². The standard InChI is InChI=1S/C13H17ClN2O2/c14-10-3-1-4-11(7-10)16-12(17)8-15-9-13(18)5-2-6-13/h1,3-4,7,15,18H,2,5-6,8-9H2,(H,16,17). The van der Waals surface area contributed by atoms with Crippen molar-refractivity contribution in [2.24, 2.45) is 0 Å². The quantitative estimate of drug-likeness (QED) is 0.763. The van der Waals surface area contributed by atoms with E-state index in [1.165, 1.54) is 0 Å². The second-order valence-electron chi connectivity index (χ2n) is 4.74. The van der Waals surface area contributed by atoms with Crippen molar-refractivity contribution in [3.8, 4) is 0 Å². The number of hydrogen-bond acceptors (Lipinski definition) is 3. The van der Waals surface area contributed by atoms with Crippen LogP contribution in [-0.2, 0) is 4.79 Å². The minimum absolute atomic E-state index is 0.139. The van der Waals surface area contributed by atoms with Gasteiger partial charge in [-0.2, -0.15) is 0 Å². The molecule has 18 heavy (non-hydrogen) atoms. The molecule has 0 radical (unpaired) electrons. The van der Waals surface area contributed by atoms with E-state index in [9.17, 15) is 9.90 Å². The molecule has 1 aliphatic rings. The SMILES string of the molecule is O=C(CNCC1(O)CCC1)Nc1cccc(Cl)c1. The predicted octanol–water partition coefficient (Wildman–Crippen LogP) is 1.78. The average Bonchev–Trinajstić information content (AvgIpc) is 2.26. The molecule has 5 heteroatoms. The fraction of sp³-hybridized carbons (Fsp3) is 0.462. The first-order valence-corrected chi connectivity index (χ1v) is 6.44. The van der Waals surface area contributed by atoms with Crippen LogP contribution in [0.2, 0.25) is 5.02 Å². The van der Waals surface area contributed by atoms with Gasteiger partial charge in [0, 0.05) is 17.3 Å². The second-order valence-corrected chi connectivity index (χ2v) is 5.18. The smallest absolute Gasteiger partial charge is 0.238 e. The Morgan fingerprint density at radius 1 is 1.44 bits per heavy atom. The number of benzene rings is 1. The fourth-order valence-electron chi connectivity index (χ4n) is 1.94. The van der Waals surface area contributed by atoms with Crippen molar-refractivity contribution < 1.29 is 9.90 Å². The third kappa shape index (κ3) is 3.70. The van der Waals surface area contributed by atoms with E-state index in [0.717, 1.165) is 19.3 Å². The number of aliphatic hydroxyl groups is 1. The molecule has 1 fully saturated rings. The summed E-state index contributed by atoms with van der Waals surface area (Å²) in [5, 5.41) is 16.1. The fourth-order valence-corrected chi connectivity index (χ4v) is 2.13. The van der Waals surface area contributed by atoms with Crippen LogP contribution in [0.1, 0.15) is 19.3 Å². The van der Waals surface area contributed by atoms with Crippen LogP contribution in [0.4, 0.5) is 5.69 Å². The highest BCUT2D eigenvalue weighted by molar-refractivity contribution is 6.30. The maximum atomic E-state index is 11.6. The summed E-state index contributed by atoms with van der Waals surface area (Å²) in [6.07, 6.45) is 2.69. The number of nitrogens with one attached hydrogen (secondary N) is 2. The van der Waals surface area contributed by atoms with Crippen molar-refractivity contribution in [2.75, 3.05) is 18.4 Å². The van der Waals surface area contributed by atoms with Crippen molar-refractivity contribution >= 4 is 23.2 Å². The van der Waals surface area contributed by atoms with Crippen LogP contribution in [0.15, 0.2) is 24.3 Å². The van der Waals surface area contributed by atoms with Crippen molar-refractivity contribution in [1.29, 1.82) is 0 Å². The summed E-state index contributed by atoms with van der Waals surface area (Å²) in [6, 6.07) is 7.01. The molecule has 1 saturated carbocycles. The van der Waals surface area contributed by atoms with Crippen LogP contribution in [0.25, 0.3) is 0 Å². The van der Waals surface area contributed by atoms with Gasteiger partial charge in [-0.3, -0.25) is 4.79 Å². The van der Waals surface area contributed by atoms with Gasteiger partial charge >= 0.3 is 0 Å². The molecule has 3 N–H and O–H groups in total. The minimum atomic E-state index is -0.601. The van der Waals surface area contributed by atoms with Crippen LogP contribution >= 0.6 is 11.6 Å². The molecule has 4 nitrogen and oxygen atoms in total. The molecule has 1 aromatic rings. The molecule has 0 aliphatic heterocycles. The lowest BCUT2D eigenvalue weighted by atomic mass is 9.80. The van der Waals surface area contributed by atoms with E-state index >= 15 is 0 Å². The van der Waals surface area contributed by atoms with Gasteiger partial charge in [-0.15, -0.1) is 0 Å². The lowest BCUT2D eigenvalue weighted by Crippen LogP contribution is -2.47. The lowest BCUT2D eigenvalue weighted by molar-refractivity contribution is -0.115. The summed E-state index contributed by atoms with van der Waals surface area (Å²) in [5.41, 5.74) is 0.0766. The van der Waals surface area contributed by atoms with Crippen molar-refractivity contribution in [3.05, 3.63) is 29.3 Å². The topological polar surface area (TPSA) is 61.4 Å². The summed E-state index contributed by atoms with van der Waals surface area (Å²) in [5.74, 6) is -0.139. The Morgan fingerprint density at radius 3 is 2.83 bits per heavy atom. The molecule has 98 valence electrons. The monoisotopic (exact) mass is 268 g/mol. The number of hydrogen-bond donors (Lipinski definition) is 3. The molecule has 1 aliphatic carbocycles. The first kappa shape index (κ1) is 13.3.